The van der Waals surface area contributed by atoms with E-state index in [9.17, 15) is 9.50 Å². The zero-order valence-electron chi connectivity index (χ0n) is 7.32. The minimum atomic E-state index is -0.914. The summed E-state index contributed by atoms with van der Waals surface area (Å²) in [6.45, 7) is 0. The Hall–Kier alpha value is -1.20. The van der Waals surface area contributed by atoms with Gasteiger partial charge in [0.05, 0.1) is 18.0 Å². The Morgan fingerprint density at radius 1 is 1.38 bits per heavy atom. The average molecular weight is 187 g/mol. The van der Waals surface area contributed by atoms with Gasteiger partial charge in [0.1, 0.15) is 5.75 Å². The van der Waals surface area contributed by atoms with Crippen LogP contribution in [0.3, 0.4) is 0 Å². The molecule has 0 atom stereocenters. The Labute approximate surface area is 74.9 Å². The third kappa shape index (κ3) is 1.93. The molecule has 0 aliphatic carbocycles. The highest BCUT2D eigenvalue weighted by molar-refractivity contribution is 5.30. The highest BCUT2D eigenvalue weighted by Crippen LogP contribution is 2.27. The molecule has 5 heteroatoms. The fourth-order valence-corrected chi connectivity index (χ4v) is 1.000. The van der Waals surface area contributed by atoms with E-state index in [0.29, 0.717) is 0 Å². The van der Waals surface area contributed by atoms with E-state index in [4.69, 9.17) is 9.47 Å². The van der Waals surface area contributed by atoms with Crippen molar-refractivity contribution >= 4 is 0 Å². The average Bonchev–Trinajstić information content (AvgIpc) is 2.11. The Morgan fingerprint density at radius 3 is 2.46 bits per heavy atom. The summed E-state index contributed by atoms with van der Waals surface area (Å²) in [6, 6.07) is 0. The lowest BCUT2D eigenvalue weighted by atomic mass is 10.2. The zero-order valence-corrected chi connectivity index (χ0v) is 7.32. The van der Waals surface area contributed by atoms with Crippen LogP contribution in [0.5, 0.6) is 5.75 Å². The van der Waals surface area contributed by atoms with Crippen molar-refractivity contribution in [2.45, 2.75) is 6.29 Å². The Kier molecular flexibility index (Phi) is 3.16. The van der Waals surface area contributed by atoms with Gasteiger partial charge in [-0.25, -0.2) is 4.39 Å². The quantitative estimate of drug-likeness (QED) is 0.723. The molecule has 0 saturated heterocycles. The summed E-state index contributed by atoms with van der Waals surface area (Å²) in [5, 5.41) is 9.26. The number of rotatable bonds is 3. The maximum absolute atomic E-state index is 13.1. The first-order valence-electron chi connectivity index (χ1n) is 3.58. The van der Waals surface area contributed by atoms with Crippen LogP contribution in [0.4, 0.5) is 4.39 Å². The Balaban J connectivity index is 3.10. The molecule has 0 amide bonds. The van der Waals surface area contributed by atoms with Gasteiger partial charge in [-0.1, -0.05) is 0 Å². The minimum Gasteiger partial charge on any atom is -0.506 e. The molecule has 0 bridgehead atoms. The molecule has 0 aliphatic rings. The number of hydrogen-bond donors (Lipinski definition) is 1. The molecule has 0 unspecified atom stereocenters. The van der Waals surface area contributed by atoms with Gasteiger partial charge in [-0.05, 0) is 0 Å². The fraction of sp³-hybridized carbons (Fsp3) is 0.375. The topological polar surface area (TPSA) is 51.6 Å². The fourth-order valence-electron chi connectivity index (χ4n) is 1.000. The van der Waals surface area contributed by atoms with E-state index in [2.05, 4.69) is 4.98 Å². The molecule has 1 aromatic rings. The number of methoxy groups -OCH3 is 2. The van der Waals surface area contributed by atoms with Crippen LogP contribution >= 0.6 is 0 Å². The first kappa shape index (κ1) is 9.88. The highest BCUT2D eigenvalue weighted by Gasteiger charge is 2.18. The number of aromatic hydroxyl groups is 1. The SMILES string of the molecule is COC(OC)c1c(O)cncc1F. The number of ether oxygens (including phenoxy) is 2. The van der Waals surface area contributed by atoms with E-state index in [1.54, 1.807) is 0 Å². The summed E-state index contributed by atoms with van der Waals surface area (Å²) in [6.07, 6.45) is 1.20. The van der Waals surface area contributed by atoms with Gasteiger partial charge in [-0.2, -0.15) is 0 Å². The molecule has 1 heterocycles. The first-order chi connectivity index (χ1) is 6.20. The van der Waals surface area contributed by atoms with Crippen LogP contribution in [-0.2, 0) is 9.47 Å². The van der Waals surface area contributed by atoms with Crippen LogP contribution in [0.25, 0.3) is 0 Å². The van der Waals surface area contributed by atoms with Crippen molar-refractivity contribution in [2.24, 2.45) is 0 Å². The van der Waals surface area contributed by atoms with E-state index in [1.165, 1.54) is 14.2 Å². The smallest absolute Gasteiger partial charge is 0.189 e. The van der Waals surface area contributed by atoms with Crippen LogP contribution in [0.15, 0.2) is 12.4 Å². The van der Waals surface area contributed by atoms with Crippen molar-refractivity contribution in [3.05, 3.63) is 23.8 Å². The number of nitrogens with zero attached hydrogens (tertiary/aromatic N) is 1. The zero-order chi connectivity index (χ0) is 9.84. The van der Waals surface area contributed by atoms with Crippen LogP contribution in [-0.4, -0.2) is 24.3 Å². The van der Waals surface area contributed by atoms with Crippen LogP contribution in [0.1, 0.15) is 11.9 Å². The lowest BCUT2D eigenvalue weighted by Crippen LogP contribution is -2.06. The van der Waals surface area contributed by atoms with Gasteiger partial charge >= 0.3 is 0 Å². The molecule has 0 aliphatic heterocycles. The maximum atomic E-state index is 13.1. The highest BCUT2D eigenvalue weighted by atomic mass is 19.1. The second-order valence-corrected chi connectivity index (χ2v) is 2.36. The van der Waals surface area contributed by atoms with Crippen molar-refractivity contribution < 1.29 is 19.0 Å². The molecule has 4 nitrogen and oxygen atoms in total. The summed E-state index contributed by atoms with van der Waals surface area (Å²) in [5.41, 5.74) is -0.0417. The van der Waals surface area contributed by atoms with Gasteiger partial charge in [0.2, 0.25) is 0 Å². The number of hydrogen-bond acceptors (Lipinski definition) is 4. The van der Waals surface area contributed by atoms with Gasteiger partial charge < -0.3 is 14.6 Å². The van der Waals surface area contributed by atoms with Crippen molar-refractivity contribution in [1.82, 2.24) is 4.98 Å². The van der Waals surface area contributed by atoms with Gasteiger partial charge in [0, 0.05) is 14.2 Å². The first-order valence-corrected chi connectivity index (χ1v) is 3.58. The second-order valence-electron chi connectivity index (χ2n) is 2.36. The van der Waals surface area contributed by atoms with Crippen molar-refractivity contribution in [2.75, 3.05) is 14.2 Å². The predicted molar refractivity (Wildman–Crippen MR) is 42.6 cm³/mol. The normalized spacial score (nSPS) is 10.8. The molecule has 0 aromatic carbocycles. The molecular weight excluding hydrogens is 177 g/mol. The Bertz CT molecular complexity index is 268. The van der Waals surface area contributed by atoms with Crippen LogP contribution < -0.4 is 0 Å². The molecule has 13 heavy (non-hydrogen) atoms. The molecule has 1 aromatic heterocycles. The largest absolute Gasteiger partial charge is 0.506 e. The van der Waals surface area contributed by atoms with Crippen LogP contribution in [0.2, 0.25) is 0 Å². The van der Waals surface area contributed by atoms with Gasteiger partial charge in [-0.15, -0.1) is 0 Å². The molecule has 1 N–H and O–H groups in total. The summed E-state index contributed by atoms with van der Waals surface area (Å²) in [4.78, 5) is 3.46. The van der Waals surface area contributed by atoms with Gasteiger partial charge in [0.25, 0.3) is 0 Å². The van der Waals surface area contributed by atoms with Crippen LogP contribution in [0, 0.1) is 5.82 Å². The third-order valence-corrected chi connectivity index (χ3v) is 1.58. The molecule has 0 spiro atoms. The number of halogens is 1. The standard InChI is InChI=1S/C8H10FNO3/c1-12-8(13-2)7-5(9)3-10-4-6(7)11/h3-4,8,11H,1-2H3. The lowest BCUT2D eigenvalue weighted by molar-refractivity contribution is -0.108. The monoisotopic (exact) mass is 187 g/mol. The van der Waals surface area contributed by atoms with Crippen molar-refractivity contribution in [3.63, 3.8) is 0 Å². The van der Waals surface area contributed by atoms with Crippen molar-refractivity contribution in [3.8, 4) is 5.75 Å². The molecule has 0 radical (unpaired) electrons. The van der Waals surface area contributed by atoms with E-state index >= 15 is 0 Å². The van der Waals surface area contributed by atoms with E-state index in [-0.39, 0.29) is 11.3 Å². The summed E-state index contributed by atoms with van der Waals surface area (Å²) >= 11 is 0. The predicted octanol–water partition coefficient (Wildman–Crippen LogP) is 1.22. The van der Waals surface area contributed by atoms with Gasteiger partial charge in [0.15, 0.2) is 12.1 Å². The molecule has 72 valence electrons. The third-order valence-electron chi connectivity index (χ3n) is 1.58. The second kappa shape index (κ2) is 4.15. The maximum Gasteiger partial charge on any atom is 0.189 e. The van der Waals surface area contributed by atoms with E-state index < -0.39 is 12.1 Å². The molecule has 0 saturated carbocycles. The number of aromatic nitrogens is 1. The molecule has 0 fully saturated rings. The van der Waals surface area contributed by atoms with Gasteiger partial charge in [-0.3, -0.25) is 4.98 Å². The summed E-state index contributed by atoms with van der Waals surface area (Å²) in [5.74, 6) is -0.942. The molecular formula is C8H10FNO3. The summed E-state index contributed by atoms with van der Waals surface area (Å²) in [7, 11) is 2.71. The minimum absolute atomic E-state index is 0.0417. The number of pyridine rings is 1. The van der Waals surface area contributed by atoms with E-state index in [0.717, 1.165) is 12.4 Å². The van der Waals surface area contributed by atoms with Crippen molar-refractivity contribution in [1.29, 1.82) is 0 Å². The lowest BCUT2D eigenvalue weighted by Gasteiger charge is -2.14. The Morgan fingerprint density at radius 2 is 2.00 bits per heavy atom. The molecule has 1 rings (SSSR count). The summed E-state index contributed by atoms with van der Waals surface area (Å²) < 4.78 is 22.7. The van der Waals surface area contributed by atoms with E-state index in [1.807, 2.05) is 0 Å².